The number of carbonyl (C=O) groups is 1. The molecule has 1 radical (unpaired) electrons. The Kier molecular flexibility index (Phi) is 3.42. The number of carboxylic acid groups (broad SMARTS) is 1. The summed E-state index contributed by atoms with van der Waals surface area (Å²) in [7, 11) is 0. The Labute approximate surface area is 81.4 Å². The summed E-state index contributed by atoms with van der Waals surface area (Å²) < 4.78 is 0. The number of hydrogen-bond donors (Lipinski definition) is 1. The molecule has 1 aromatic rings. The van der Waals surface area contributed by atoms with E-state index in [1.165, 1.54) is 11.3 Å². The number of hydrogen-bond acceptors (Lipinski definition) is 3. The van der Waals surface area contributed by atoms with E-state index in [1.807, 2.05) is 12.3 Å². The minimum Gasteiger partial charge on any atom is -0.481 e. The van der Waals surface area contributed by atoms with Gasteiger partial charge in [0.15, 0.2) is 0 Å². The van der Waals surface area contributed by atoms with E-state index < -0.39 is 11.9 Å². The van der Waals surface area contributed by atoms with Gasteiger partial charge in [-0.1, -0.05) is 6.92 Å². The van der Waals surface area contributed by atoms with Crippen molar-refractivity contribution in [2.45, 2.75) is 25.7 Å². The van der Waals surface area contributed by atoms with Crippen LogP contribution < -0.4 is 0 Å². The second-order valence-corrected chi connectivity index (χ2v) is 3.62. The molecular formula is C9H12NO2S. The lowest BCUT2D eigenvalue weighted by atomic mass is 10.1. The molecule has 1 heterocycles. The molecular weight excluding hydrogens is 186 g/mol. The number of thiazole rings is 1. The van der Waals surface area contributed by atoms with Crippen LogP contribution in [-0.4, -0.2) is 16.1 Å². The van der Waals surface area contributed by atoms with Crippen LogP contribution in [0.4, 0.5) is 0 Å². The Morgan fingerprint density at radius 2 is 2.54 bits per heavy atom. The molecule has 13 heavy (non-hydrogen) atoms. The fraction of sp³-hybridized carbons (Fsp3) is 0.444. The monoisotopic (exact) mass is 198 g/mol. The van der Waals surface area contributed by atoms with Gasteiger partial charge in [0.25, 0.3) is 0 Å². The van der Waals surface area contributed by atoms with Gasteiger partial charge in [-0.3, -0.25) is 4.79 Å². The molecule has 0 saturated heterocycles. The Bertz CT molecular complexity index is 296. The lowest BCUT2D eigenvalue weighted by Crippen LogP contribution is -2.10. The smallest absolute Gasteiger partial charge is 0.313 e. The second-order valence-electron chi connectivity index (χ2n) is 2.73. The van der Waals surface area contributed by atoms with Crippen LogP contribution in [0, 0.1) is 6.92 Å². The van der Waals surface area contributed by atoms with Crippen LogP contribution in [0.2, 0.25) is 0 Å². The summed E-state index contributed by atoms with van der Waals surface area (Å²) in [6.07, 6.45) is 1.20. The highest BCUT2D eigenvalue weighted by atomic mass is 32.1. The zero-order valence-corrected chi connectivity index (χ0v) is 8.30. The fourth-order valence-electron chi connectivity index (χ4n) is 1.05. The fourth-order valence-corrected chi connectivity index (χ4v) is 2.08. The summed E-state index contributed by atoms with van der Waals surface area (Å²) in [6, 6.07) is 0. The molecule has 4 heteroatoms. The van der Waals surface area contributed by atoms with Gasteiger partial charge in [-0.25, -0.2) is 4.98 Å². The molecule has 0 fully saturated rings. The van der Waals surface area contributed by atoms with E-state index >= 15 is 0 Å². The zero-order valence-electron chi connectivity index (χ0n) is 7.49. The van der Waals surface area contributed by atoms with Gasteiger partial charge in [0.2, 0.25) is 0 Å². The summed E-state index contributed by atoms with van der Waals surface area (Å²) >= 11 is 1.40. The lowest BCUT2D eigenvalue weighted by Gasteiger charge is -2.04. The van der Waals surface area contributed by atoms with Crippen LogP contribution in [0.5, 0.6) is 0 Å². The first-order chi connectivity index (χ1) is 6.19. The molecule has 71 valence electrons. The molecule has 0 spiro atoms. The van der Waals surface area contributed by atoms with Gasteiger partial charge in [-0.2, -0.15) is 0 Å². The van der Waals surface area contributed by atoms with E-state index in [0.29, 0.717) is 17.8 Å². The minimum atomic E-state index is -0.799. The van der Waals surface area contributed by atoms with Gasteiger partial charge in [0, 0.05) is 5.38 Å². The van der Waals surface area contributed by atoms with Crippen molar-refractivity contribution in [1.82, 2.24) is 4.98 Å². The lowest BCUT2D eigenvalue weighted by molar-refractivity contribution is -0.138. The van der Waals surface area contributed by atoms with Crippen molar-refractivity contribution in [1.29, 1.82) is 0 Å². The van der Waals surface area contributed by atoms with Crippen molar-refractivity contribution in [3.63, 3.8) is 0 Å². The number of aromatic nitrogens is 1. The van der Waals surface area contributed by atoms with Gasteiger partial charge >= 0.3 is 5.97 Å². The number of carboxylic acids is 1. The molecule has 1 atom stereocenters. The molecule has 1 rings (SSSR count). The third-order valence-corrected chi connectivity index (χ3v) is 2.84. The van der Waals surface area contributed by atoms with Gasteiger partial charge in [0.05, 0.1) is 5.69 Å². The average molecular weight is 198 g/mol. The third-order valence-electron chi connectivity index (χ3n) is 1.83. The van der Waals surface area contributed by atoms with Crippen molar-refractivity contribution >= 4 is 17.3 Å². The van der Waals surface area contributed by atoms with Crippen molar-refractivity contribution in [3.05, 3.63) is 23.0 Å². The minimum absolute atomic E-state index is 0.453. The highest BCUT2D eigenvalue weighted by Gasteiger charge is 2.20. The number of nitrogens with zero attached hydrogens (tertiary/aromatic N) is 1. The maximum atomic E-state index is 10.8. The molecule has 0 bridgehead atoms. The number of aliphatic carboxylic acids is 1. The predicted molar refractivity (Wildman–Crippen MR) is 51.8 cm³/mol. The van der Waals surface area contributed by atoms with Crippen LogP contribution in [0.3, 0.4) is 0 Å². The summed E-state index contributed by atoms with van der Waals surface area (Å²) in [5.41, 5.74) is 0.875. The van der Waals surface area contributed by atoms with E-state index in [1.54, 1.807) is 0 Å². The predicted octanol–water partition coefficient (Wildman–Crippen LogP) is 2.10. The summed E-state index contributed by atoms with van der Waals surface area (Å²) in [5.74, 6) is -1.25. The van der Waals surface area contributed by atoms with Crippen molar-refractivity contribution < 1.29 is 9.90 Å². The van der Waals surface area contributed by atoms with E-state index in [-0.39, 0.29) is 0 Å². The summed E-state index contributed by atoms with van der Waals surface area (Å²) in [5, 5.41) is 11.4. The molecule has 0 aliphatic carbocycles. The molecule has 0 aliphatic rings. The van der Waals surface area contributed by atoms with Gasteiger partial charge in [-0.15, -0.1) is 11.3 Å². The van der Waals surface area contributed by atoms with E-state index in [4.69, 9.17) is 5.11 Å². The first-order valence-corrected chi connectivity index (χ1v) is 5.03. The maximum absolute atomic E-state index is 10.8. The largest absolute Gasteiger partial charge is 0.481 e. The van der Waals surface area contributed by atoms with E-state index in [0.717, 1.165) is 5.69 Å². The Morgan fingerprint density at radius 3 is 2.92 bits per heavy atom. The molecule has 3 nitrogen and oxygen atoms in total. The molecule has 1 aromatic heterocycles. The summed E-state index contributed by atoms with van der Waals surface area (Å²) in [6.45, 7) is 5.55. The van der Waals surface area contributed by atoms with Crippen molar-refractivity contribution in [3.8, 4) is 0 Å². The molecule has 0 saturated carbocycles. The van der Waals surface area contributed by atoms with Crippen LogP contribution in [0.25, 0.3) is 0 Å². The third kappa shape index (κ3) is 2.28. The molecule has 1 unspecified atom stereocenters. The highest BCUT2D eigenvalue weighted by Crippen LogP contribution is 2.23. The van der Waals surface area contributed by atoms with Crippen LogP contribution >= 0.6 is 11.3 Å². The Balaban J connectivity index is 2.85. The van der Waals surface area contributed by atoms with Gasteiger partial charge in [-0.05, 0) is 19.8 Å². The van der Waals surface area contributed by atoms with Crippen LogP contribution in [0.15, 0.2) is 5.38 Å². The van der Waals surface area contributed by atoms with Gasteiger partial charge < -0.3 is 5.11 Å². The number of rotatable bonds is 4. The Morgan fingerprint density at radius 1 is 1.85 bits per heavy atom. The maximum Gasteiger partial charge on any atom is 0.313 e. The Hall–Kier alpha value is -0.900. The first-order valence-electron chi connectivity index (χ1n) is 4.15. The first kappa shape index (κ1) is 10.2. The zero-order chi connectivity index (χ0) is 9.84. The highest BCUT2D eigenvalue weighted by molar-refractivity contribution is 7.09. The molecule has 0 aromatic carbocycles. The second kappa shape index (κ2) is 4.37. The molecule has 1 N–H and O–H groups in total. The van der Waals surface area contributed by atoms with Crippen LogP contribution in [0.1, 0.15) is 30.0 Å². The SMILES string of the molecule is [CH2]Cc1csc(C(CC)C(=O)O)n1. The average Bonchev–Trinajstić information content (AvgIpc) is 2.53. The van der Waals surface area contributed by atoms with Crippen LogP contribution in [-0.2, 0) is 11.2 Å². The van der Waals surface area contributed by atoms with Gasteiger partial charge in [0.1, 0.15) is 10.9 Å². The molecule has 0 amide bonds. The van der Waals surface area contributed by atoms with Crippen molar-refractivity contribution in [2.75, 3.05) is 0 Å². The van der Waals surface area contributed by atoms with Crippen molar-refractivity contribution in [2.24, 2.45) is 0 Å². The normalized spacial score (nSPS) is 12.8. The molecule has 0 aliphatic heterocycles. The van der Waals surface area contributed by atoms with E-state index in [2.05, 4.69) is 11.9 Å². The topological polar surface area (TPSA) is 50.2 Å². The standard InChI is InChI=1S/C9H12NO2S/c1-3-6-5-13-8(10-6)7(4-2)9(11)12/h5,7H,1,3-4H2,2H3,(H,11,12). The van der Waals surface area contributed by atoms with E-state index in [9.17, 15) is 4.79 Å². The summed E-state index contributed by atoms with van der Waals surface area (Å²) in [4.78, 5) is 15.0. The quantitative estimate of drug-likeness (QED) is 0.806.